The number of hydrogen-bond donors (Lipinski definition) is 0. The molecule has 0 spiro atoms. The zero-order valence-electron chi connectivity index (χ0n) is 19.3. The lowest BCUT2D eigenvalue weighted by atomic mass is 9.87. The summed E-state index contributed by atoms with van der Waals surface area (Å²) in [6, 6.07) is 11.9. The zero-order valence-corrected chi connectivity index (χ0v) is 20.1. The van der Waals surface area contributed by atoms with Crippen molar-refractivity contribution in [2.75, 3.05) is 31.1 Å². The molecule has 0 radical (unpaired) electrons. The highest BCUT2D eigenvalue weighted by Crippen LogP contribution is 2.38. The van der Waals surface area contributed by atoms with E-state index in [-0.39, 0.29) is 23.7 Å². The summed E-state index contributed by atoms with van der Waals surface area (Å²) in [4.78, 5) is 29.5. The predicted molar refractivity (Wildman–Crippen MR) is 129 cm³/mol. The van der Waals surface area contributed by atoms with Gasteiger partial charge in [-0.15, -0.1) is 0 Å². The van der Waals surface area contributed by atoms with Crippen LogP contribution < -0.4 is 4.74 Å². The molecule has 176 valence electrons. The molecule has 0 bridgehead atoms. The van der Waals surface area contributed by atoms with Crippen molar-refractivity contribution in [3.05, 3.63) is 65.0 Å². The largest absolute Gasteiger partial charge is 0.481 e. The first-order chi connectivity index (χ1) is 16.0. The third-order valence-electron chi connectivity index (χ3n) is 6.38. The Bertz CT molecular complexity index is 1010. The minimum atomic E-state index is -0.546. The fraction of sp³-hybridized carbons (Fsp3) is 0.462. The van der Waals surface area contributed by atoms with Crippen LogP contribution in [0.25, 0.3) is 0 Å². The lowest BCUT2D eigenvalue weighted by Crippen LogP contribution is -2.45. The van der Waals surface area contributed by atoms with Gasteiger partial charge in [-0.25, -0.2) is 4.39 Å². The van der Waals surface area contributed by atoms with Crippen molar-refractivity contribution in [1.29, 1.82) is 0 Å². The van der Waals surface area contributed by atoms with Gasteiger partial charge in [-0.05, 0) is 53.8 Å². The van der Waals surface area contributed by atoms with Gasteiger partial charge in [-0.3, -0.25) is 9.59 Å². The molecule has 2 aromatic rings. The monoisotopic (exact) mass is 470 g/mol. The van der Waals surface area contributed by atoms with Crippen LogP contribution >= 0.6 is 11.8 Å². The Balaban J connectivity index is 1.65. The molecule has 33 heavy (non-hydrogen) atoms. The van der Waals surface area contributed by atoms with Crippen molar-refractivity contribution in [3.8, 4) is 5.75 Å². The predicted octanol–water partition coefficient (Wildman–Crippen LogP) is 4.44. The number of carbonyl (C=O) groups is 2. The highest BCUT2D eigenvalue weighted by Gasteiger charge is 2.33. The van der Waals surface area contributed by atoms with E-state index in [0.29, 0.717) is 25.1 Å². The number of thioether (sulfide) groups is 1. The van der Waals surface area contributed by atoms with E-state index in [1.165, 1.54) is 12.1 Å². The van der Waals surface area contributed by atoms with E-state index in [1.807, 2.05) is 59.7 Å². The summed E-state index contributed by atoms with van der Waals surface area (Å²) in [5.41, 5.74) is 2.79. The first-order valence-corrected chi connectivity index (χ1v) is 12.9. The van der Waals surface area contributed by atoms with E-state index in [2.05, 4.69) is 0 Å². The molecule has 0 aliphatic carbocycles. The van der Waals surface area contributed by atoms with Crippen LogP contribution in [0.5, 0.6) is 5.75 Å². The molecule has 1 fully saturated rings. The first-order valence-electron chi connectivity index (χ1n) is 11.7. The van der Waals surface area contributed by atoms with Crippen LogP contribution in [-0.2, 0) is 16.0 Å². The van der Waals surface area contributed by atoms with Crippen LogP contribution in [0.1, 0.15) is 49.4 Å². The number of nitrogens with zero attached hydrogens (tertiary/aromatic N) is 2. The molecule has 7 heteroatoms. The lowest BCUT2D eigenvalue weighted by Gasteiger charge is -2.38. The van der Waals surface area contributed by atoms with Gasteiger partial charge in [0.25, 0.3) is 5.91 Å². The van der Waals surface area contributed by atoms with Gasteiger partial charge in [0, 0.05) is 37.6 Å². The van der Waals surface area contributed by atoms with E-state index >= 15 is 0 Å². The summed E-state index contributed by atoms with van der Waals surface area (Å²) in [5, 5.41) is 0. The number of benzene rings is 2. The van der Waals surface area contributed by atoms with Crippen LogP contribution in [0.4, 0.5) is 4.39 Å². The normalized spacial score (nSPS) is 19.1. The molecular formula is C26H31FN2O3S. The molecule has 2 aliphatic heterocycles. The molecule has 2 heterocycles. The van der Waals surface area contributed by atoms with Gasteiger partial charge in [0.2, 0.25) is 5.91 Å². The van der Waals surface area contributed by atoms with Gasteiger partial charge in [0.05, 0.1) is 6.04 Å². The van der Waals surface area contributed by atoms with E-state index in [9.17, 15) is 14.0 Å². The average Bonchev–Trinajstić information content (AvgIpc) is 2.86. The van der Waals surface area contributed by atoms with Gasteiger partial charge in [-0.1, -0.05) is 32.0 Å². The van der Waals surface area contributed by atoms with Crippen molar-refractivity contribution in [2.24, 2.45) is 0 Å². The number of ether oxygens (including phenoxy) is 1. The first kappa shape index (κ1) is 23.6. The Morgan fingerprint density at radius 3 is 2.61 bits per heavy atom. The lowest BCUT2D eigenvalue weighted by molar-refractivity contribution is -0.138. The van der Waals surface area contributed by atoms with Crippen LogP contribution in [-0.4, -0.2) is 58.9 Å². The number of hydrogen-bond acceptors (Lipinski definition) is 4. The molecular weight excluding hydrogens is 439 g/mol. The number of rotatable bonds is 6. The van der Waals surface area contributed by atoms with Gasteiger partial charge < -0.3 is 14.5 Å². The summed E-state index contributed by atoms with van der Waals surface area (Å²) >= 11 is 1.86. The van der Waals surface area contributed by atoms with Crippen LogP contribution in [0, 0.1) is 5.82 Å². The van der Waals surface area contributed by atoms with Crippen molar-refractivity contribution < 1.29 is 18.7 Å². The highest BCUT2D eigenvalue weighted by atomic mass is 32.2. The third kappa shape index (κ3) is 5.18. The summed E-state index contributed by atoms with van der Waals surface area (Å²) in [5.74, 6) is 2.25. The summed E-state index contributed by atoms with van der Waals surface area (Å²) in [6.45, 7) is 5.89. The Kier molecular flexibility index (Phi) is 7.58. The maximum atomic E-state index is 14.1. The standard InChI is InChI=1S/C26H31FN2O3S/c1-3-23(26(31)28-12-14-33-15-13-28)32-21-9-8-18-10-11-29(24(30)4-2)25(22(18)17-21)19-6-5-7-20(27)16-19/h5-9,16-17,23,25H,3-4,10-15H2,1-2H3/t23-,25-/m0/s1. The summed E-state index contributed by atoms with van der Waals surface area (Å²) in [6.07, 6.45) is 1.15. The molecule has 0 N–H and O–H groups in total. The average molecular weight is 471 g/mol. The molecule has 2 amide bonds. The number of fused-ring (bicyclic) bond motifs is 1. The van der Waals surface area contributed by atoms with E-state index < -0.39 is 6.10 Å². The van der Waals surface area contributed by atoms with Gasteiger partial charge in [0.15, 0.2) is 6.10 Å². The Morgan fingerprint density at radius 2 is 1.91 bits per heavy atom. The zero-order chi connectivity index (χ0) is 23.4. The summed E-state index contributed by atoms with van der Waals surface area (Å²) in [7, 11) is 0. The van der Waals surface area contributed by atoms with Crippen LogP contribution in [0.2, 0.25) is 0 Å². The van der Waals surface area contributed by atoms with Crippen LogP contribution in [0.3, 0.4) is 0 Å². The number of carbonyl (C=O) groups excluding carboxylic acids is 2. The molecule has 1 saturated heterocycles. The highest BCUT2D eigenvalue weighted by molar-refractivity contribution is 7.99. The smallest absolute Gasteiger partial charge is 0.263 e. The maximum Gasteiger partial charge on any atom is 0.263 e. The quantitative estimate of drug-likeness (QED) is 0.626. The molecule has 2 aromatic carbocycles. The molecule has 0 saturated carbocycles. The van der Waals surface area contributed by atoms with E-state index in [0.717, 1.165) is 47.7 Å². The second kappa shape index (κ2) is 10.6. The second-order valence-electron chi connectivity index (χ2n) is 8.46. The van der Waals surface area contributed by atoms with Crippen molar-refractivity contribution in [1.82, 2.24) is 9.80 Å². The van der Waals surface area contributed by atoms with Crippen molar-refractivity contribution in [3.63, 3.8) is 0 Å². The van der Waals surface area contributed by atoms with E-state index in [1.54, 1.807) is 6.07 Å². The number of amides is 2. The Hall–Kier alpha value is -2.54. The van der Waals surface area contributed by atoms with Crippen molar-refractivity contribution in [2.45, 2.75) is 45.3 Å². The molecule has 0 unspecified atom stereocenters. The topological polar surface area (TPSA) is 49.9 Å². The SMILES string of the molecule is CCC(=O)N1CCc2ccc(O[C@@H](CC)C(=O)N3CCSCC3)cc2[C@@H]1c1cccc(F)c1. The van der Waals surface area contributed by atoms with E-state index in [4.69, 9.17) is 4.74 Å². The molecule has 2 atom stereocenters. The minimum Gasteiger partial charge on any atom is -0.481 e. The van der Waals surface area contributed by atoms with Gasteiger partial charge in [0.1, 0.15) is 11.6 Å². The third-order valence-corrected chi connectivity index (χ3v) is 7.32. The second-order valence-corrected chi connectivity index (χ2v) is 9.69. The fourth-order valence-electron chi connectivity index (χ4n) is 4.63. The maximum absolute atomic E-state index is 14.1. The minimum absolute atomic E-state index is 0.0278. The summed E-state index contributed by atoms with van der Waals surface area (Å²) < 4.78 is 20.3. The van der Waals surface area contributed by atoms with Gasteiger partial charge in [-0.2, -0.15) is 11.8 Å². The molecule has 4 rings (SSSR count). The van der Waals surface area contributed by atoms with Gasteiger partial charge >= 0.3 is 0 Å². The van der Waals surface area contributed by atoms with Crippen molar-refractivity contribution >= 4 is 23.6 Å². The Morgan fingerprint density at radius 1 is 1.12 bits per heavy atom. The molecule has 2 aliphatic rings. The Labute approximate surface area is 199 Å². The number of halogens is 1. The fourth-order valence-corrected chi connectivity index (χ4v) is 5.54. The van der Waals surface area contributed by atoms with Crippen LogP contribution in [0.15, 0.2) is 42.5 Å². The molecule has 0 aromatic heterocycles. The molecule has 5 nitrogen and oxygen atoms in total.